The highest BCUT2D eigenvalue weighted by atomic mass is 15.3. The molecule has 0 aliphatic heterocycles. The van der Waals surface area contributed by atoms with Crippen LogP contribution in [0.25, 0.3) is 0 Å². The molecule has 114 valence electrons. The quantitative estimate of drug-likeness (QED) is 0.886. The van der Waals surface area contributed by atoms with Crippen molar-refractivity contribution in [3.8, 4) is 0 Å². The lowest BCUT2D eigenvalue weighted by atomic mass is 9.84. The Hall–Kier alpha value is -0.830. The average molecular weight is 277 g/mol. The molecule has 1 heterocycles. The van der Waals surface area contributed by atoms with Gasteiger partial charge in [0.05, 0.1) is 11.7 Å². The van der Waals surface area contributed by atoms with Gasteiger partial charge < -0.3 is 5.73 Å². The molecule has 2 rings (SSSR count). The predicted molar refractivity (Wildman–Crippen MR) is 85.0 cm³/mol. The molecular weight excluding hydrogens is 246 g/mol. The summed E-state index contributed by atoms with van der Waals surface area (Å²) >= 11 is 0. The lowest BCUT2D eigenvalue weighted by Crippen LogP contribution is -2.22. The zero-order valence-electron chi connectivity index (χ0n) is 13.7. The van der Waals surface area contributed by atoms with Crippen LogP contribution in [-0.4, -0.2) is 15.8 Å². The lowest BCUT2D eigenvalue weighted by molar-refractivity contribution is 0.253. The van der Waals surface area contributed by atoms with Gasteiger partial charge in [-0.05, 0) is 63.9 Å². The van der Waals surface area contributed by atoms with Crippen LogP contribution in [0.2, 0.25) is 0 Å². The highest BCUT2D eigenvalue weighted by molar-refractivity contribution is 5.26. The Balaban J connectivity index is 2.11. The highest BCUT2D eigenvalue weighted by Crippen LogP contribution is 2.34. The first-order chi connectivity index (χ1) is 9.56. The molecule has 20 heavy (non-hydrogen) atoms. The van der Waals surface area contributed by atoms with Gasteiger partial charge in [0.25, 0.3) is 0 Å². The molecule has 2 N–H and O–H groups in total. The van der Waals surface area contributed by atoms with Crippen LogP contribution in [0.4, 0.5) is 0 Å². The minimum Gasteiger partial charge on any atom is -0.327 e. The van der Waals surface area contributed by atoms with Crippen molar-refractivity contribution in [2.75, 3.05) is 0 Å². The van der Waals surface area contributed by atoms with E-state index in [4.69, 9.17) is 10.8 Å². The van der Waals surface area contributed by atoms with Crippen molar-refractivity contribution in [3.63, 3.8) is 0 Å². The van der Waals surface area contributed by atoms with Crippen molar-refractivity contribution < 1.29 is 0 Å². The van der Waals surface area contributed by atoms with Gasteiger partial charge >= 0.3 is 0 Å². The van der Waals surface area contributed by atoms with E-state index in [-0.39, 0.29) is 6.04 Å². The summed E-state index contributed by atoms with van der Waals surface area (Å²) in [4.78, 5) is 0. The predicted octanol–water partition coefficient (Wildman–Crippen LogP) is 3.92. The van der Waals surface area contributed by atoms with Gasteiger partial charge in [-0.2, -0.15) is 5.10 Å². The third-order valence-corrected chi connectivity index (χ3v) is 5.21. The maximum absolute atomic E-state index is 6.13. The van der Waals surface area contributed by atoms with E-state index in [0.717, 1.165) is 18.8 Å². The maximum Gasteiger partial charge on any atom is 0.0629 e. The Kier molecular flexibility index (Phi) is 5.25. The van der Waals surface area contributed by atoms with E-state index in [2.05, 4.69) is 32.4 Å². The smallest absolute Gasteiger partial charge is 0.0629 e. The van der Waals surface area contributed by atoms with E-state index in [1.807, 2.05) is 0 Å². The van der Waals surface area contributed by atoms with Gasteiger partial charge in [0.15, 0.2) is 0 Å². The van der Waals surface area contributed by atoms with Crippen molar-refractivity contribution in [1.29, 1.82) is 0 Å². The maximum atomic E-state index is 6.13. The first kappa shape index (κ1) is 15.6. The molecule has 1 aliphatic rings. The SMILES string of the molecule is CCC(N)Cc1c(C)nn(C2CCC(CC)CC2)c1C. The Morgan fingerprint density at radius 2 is 1.85 bits per heavy atom. The Morgan fingerprint density at radius 1 is 1.20 bits per heavy atom. The van der Waals surface area contributed by atoms with Crippen LogP contribution >= 0.6 is 0 Å². The molecule has 1 saturated carbocycles. The van der Waals surface area contributed by atoms with Crippen LogP contribution in [-0.2, 0) is 6.42 Å². The molecule has 0 radical (unpaired) electrons. The molecule has 1 aliphatic carbocycles. The first-order valence-corrected chi connectivity index (χ1v) is 8.36. The second-order valence-electron chi connectivity index (χ2n) is 6.55. The minimum absolute atomic E-state index is 0.265. The largest absolute Gasteiger partial charge is 0.327 e. The van der Waals surface area contributed by atoms with E-state index in [9.17, 15) is 0 Å². The number of aryl methyl sites for hydroxylation is 1. The monoisotopic (exact) mass is 277 g/mol. The normalized spacial score (nSPS) is 24.9. The fraction of sp³-hybridized carbons (Fsp3) is 0.824. The summed E-state index contributed by atoms with van der Waals surface area (Å²) < 4.78 is 2.30. The van der Waals surface area contributed by atoms with Gasteiger partial charge in [0, 0.05) is 11.7 Å². The molecule has 0 amide bonds. The Bertz CT molecular complexity index is 428. The van der Waals surface area contributed by atoms with Gasteiger partial charge in [-0.1, -0.05) is 20.3 Å². The molecule has 0 aromatic carbocycles. The third-order valence-electron chi connectivity index (χ3n) is 5.21. The van der Waals surface area contributed by atoms with E-state index < -0.39 is 0 Å². The van der Waals surface area contributed by atoms with Crippen LogP contribution < -0.4 is 5.73 Å². The standard InChI is InChI=1S/C17H31N3/c1-5-14-7-9-16(10-8-14)20-13(4)17(12(3)19-20)11-15(18)6-2/h14-16H,5-11,18H2,1-4H3. The van der Waals surface area contributed by atoms with Crippen LogP contribution in [0, 0.1) is 19.8 Å². The fourth-order valence-corrected chi connectivity index (χ4v) is 3.55. The van der Waals surface area contributed by atoms with Crippen molar-refractivity contribution >= 4 is 0 Å². The van der Waals surface area contributed by atoms with Crippen molar-refractivity contribution in [1.82, 2.24) is 9.78 Å². The van der Waals surface area contributed by atoms with E-state index in [1.165, 1.54) is 49.1 Å². The van der Waals surface area contributed by atoms with E-state index >= 15 is 0 Å². The number of nitrogens with two attached hydrogens (primary N) is 1. The molecule has 1 atom stereocenters. The second-order valence-corrected chi connectivity index (χ2v) is 6.55. The number of rotatable bonds is 5. The lowest BCUT2D eigenvalue weighted by Gasteiger charge is -2.29. The molecule has 1 unspecified atom stereocenters. The van der Waals surface area contributed by atoms with Crippen LogP contribution in [0.5, 0.6) is 0 Å². The summed E-state index contributed by atoms with van der Waals surface area (Å²) in [6.07, 6.45) is 8.65. The summed E-state index contributed by atoms with van der Waals surface area (Å²) in [5.74, 6) is 0.941. The molecule has 3 heteroatoms. The Morgan fingerprint density at radius 3 is 2.40 bits per heavy atom. The van der Waals surface area contributed by atoms with Crippen LogP contribution in [0.1, 0.15) is 75.4 Å². The minimum atomic E-state index is 0.265. The first-order valence-electron chi connectivity index (χ1n) is 8.36. The van der Waals surface area contributed by atoms with Crippen LogP contribution in [0.15, 0.2) is 0 Å². The molecule has 1 fully saturated rings. The highest BCUT2D eigenvalue weighted by Gasteiger charge is 2.24. The summed E-state index contributed by atoms with van der Waals surface area (Å²) in [7, 11) is 0. The average Bonchev–Trinajstić information content (AvgIpc) is 2.75. The summed E-state index contributed by atoms with van der Waals surface area (Å²) in [6.45, 7) is 8.84. The summed E-state index contributed by atoms with van der Waals surface area (Å²) in [5, 5.41) is 4.83. The van der Waals surface area contributed by atoms with Gasteiger partial charge in [-0.15, -0.1) is 0 Å². The zero-order chi connectivity index (χ0) is 14.7. The molecule has 1 aromatic rings. The third kappa shape index (κ3) is 3.25. The molecule has 0 saturated heterocycles. The van der Waals surface area contributed by atoms with Crippen molar-refractivity contribution in [2.24, 2.45) is 11.7 Å². The molecule has 1 aromatic heterocycles. The van der Waals surface area contributed by atoms with Gasteiger partial charge in [-0.3, -0.25) is 4.68 Å². The number of aromatic nitrogens is 2. The van der Waals surface area contributed by atoms with Crippen molar-refractivity contribution in [3.05, 3.63) is 17.0 Å². The summed E-state index contributed by atoms with van der Waals surface area (Å²) in [6, 6.07) is 0.879. The number of hydrogen-bond acceptors (Lipinski definition) is 2. The second kappa shape index (κ2) is 6.75. The topological polar surface area (TPSA) is 43.8 Å². The van der Waals surface area contributed by atoms with Gasteiger partial charge in [-0.25, -0.2) is 0 Å². The fourth-order valence-electron chi connectivity index (χ4n) is 3.55. The van der Waals surface area contributed by atoms with Gasteiger partial charge in [0.2, 0.25) is 0 Å². The van der Waals surface area contributed by atoms with Crippen LogP contribution in [0.3, 0.4) is 0 Å². The molecular formula is C17H31N3. The molecule has 0 bridgehead atoms. The molecule has 3 nitrogen and oxygen atoms in total. The van der Waals surface area contributed by atoms with E-state index in [0.29, 0.717) is 6.04 Å². The number of nitrogens with zero attached hydrogens (tertiary/aromatic N) is 2. The zero-order valence-corrected chi connectivity index (χ0v) is 13.7. The van der Waals surface area contributed by atoms with Crippen molar-refractivity contribution in [2.45, 2.75) is 84.7 Å². The number of hydrogen-bond donors (Lipinski definition) is 1. The van der Waals surface area contributed by atoms with E-state index in [1.54, 1.807) is 0 Å². The van der Waals surface area contributed by atoms with Gasteiger partial charge in [0.1, 0.15) is 0 Å². The Labute approximate surface area is 123 Å². The summed E-state index contributed by atoms with van der Waals surface area (Å²) in [5.41, 5.74) is 10.1. The molecule has 0 spiro atoms.